The maximum absolute atomic E-state index is 12.8. The minimum atomic E-state index is -6.75. The van der Waals surface area contributed by atoms with Crippen molar-refractivity contribution in [2.45, 2.75) is 55.5 Å². The molecule has 0 aliphatic carbocycles. The maximum atomic E-state index is 12.8. The van der Waals surface area contributed by atoms with Crippen LogP contribution in [0.2, 0.25) is 0 Å². The van der Waals surface area contributed by atoms with Crippen molar-refractivity contribution in [2.75, 3.05) is 0 Å². The molecule has 0 aromatic heterocycles. The summed E-state index contributed by atoms with van der Waals surface area (Å²) in [6.45, 7) is 0.209. The molecule has 1 aliphatic rings. The van der Waals surface area contributed by atoms with Gasteiger partial charge in [0.25, 0.3) is 5.60 Å². The van der Waals surface area contributed by atoms with Gasteiger partial charge in [-0.2, -0.15) is 52.7 Å². The fraction of sp³-hybridized carbons (Fsp3) is 1.00. The van der Waals surface area contributed by atoms with Gasteiger partial charge in [-0.05, 0) is 6.92 Å². The normalized spacial score (nSPS) is 26.2. The minimum Gasteiger partial charge on any atom is -0.332 e. The second kappa shape index (κ2) is 5.04. The Kier molecular flexibility index (Phi) is 4.41. The smallest absolute Gasteiger partial charge is 0.332 e. The van der Waals surface area contributed by atoms with Crippen LogP contribution in [0.5, 0.6) is 0 Å². The number of halogens is 12. The highest BCUT2D eigenvalue weighted by Gasteiger charge is 2.85. The zero-order chi connectivity index (χ0) is 18.7. The number of ether oxygens (including phenoxy) is 2. The Morgan fingerprint density at radius 3 is 1.30 bits per heavy atom. The topological polar surface area (TPSA) is 18.5 Å². The van der Waals surface area contributed by atoms with Gasteiger partial charge in [-0.15, -0.1) is 0 Å². The van der Waals surface area contributed by atoms with E-state index in [9.17, 15) is 52.7 Å². The summed E-state index contributed by atoms with van der Waals surface area (Å²) in [6, 6.07) is 0. The highest BCUT2D eigenvalue weighted by Crippen LogP contribution is 2.59. The summed E-state index contributed by atoms with van der Waals surface area (Å²) in [4.78, 5) is 0. The molecule has 2 nitrogen and oxygen atoms in total. The van der Waals surface area contributed by atoms with Crippen molar-refractivity contribution in [3.8, 4) is 0 Å². The average Bonchev–Trinajstić information content (AvgIpc) is 2.21. The van der Waals surface area contributed by atoms with Crippen LogP contribution < -0.4 is 0 Å². The van der Waals surface area contributed by atoms with Crippen molar-refractivity contribution in [3.05, 3.63) is 0 Å². The minimum absolute atomic E-state index is 0.209. The molecule has 0 N–H and O–H groups in total. The molecule has 0 saturated carbocycles. The van der Waals surface area contributed by atoms with Gasteiger partial charge < -0.3 is 9.47 Å². The fourth-order valence-corrected chi connectivity index (χ4v) is 1.96. The third-order valence-corrected chi connectivity index (χ3v) is 2.92. The molecule has 0 radical (unpaired) electrons. The van der Waals surface area contributed by atoms with E-state index in [0.29, 0.717) is 0 Å². The van der Waals surface area contributed by atoms with Gasteiger partial charge in [-0.1, -0.05) is 0 Å². The predicted octanol–water partition coefficient (Wildman–Crippen LogP) is 4.50. The third kappa shape index (κ3) is 2.94. The molecule has 0 aromatic rings. The zero-order valence-corrected chi connectivity index (χ0v) is 10.6. The Hall–Kier alpha value is -0.920. The summed E-state index contributed by atoms with van der Waals surface area (Å²) >= 11 is 0. The summed E-state index contributed by atoms with van der Waals surface area (Å²) < 4.78 is 159. The van der Waals surface area contributed by atoms with E-state index in [2.05, 4.69) is 9.47 Å². The molecule has 23 heavy (non-hydrogen) atoms. The van der Waals surface area contributed by atoms with Crippen LogP contribution in [0.25, 0.3) is 0 Å². The second-order valence-electron chi connectivity index (χ2n) is 4.67. The maximum Gasteiger partial charge on any atom is 0.453 e. The van der Waals surface area contributed by atoms with Gasteiger partial charge in [0.1, 0.15) is 0 Å². The Labute approximate surface area is 119 Å². The lowest BCUT2D eigenvalue weighted by molar-refractivity contribution is -0.553. The summed E-state index contributed by atoms with van der Waals surface area (Å²) in [5.74, 6) is -6.07. The Bertz CT molecular complexity index is 373. The van der Waals surface area contributed by atoms with Crippen LogP contribution in [0, 0.1) is 0 Å². The molecular weight excluding hydrogens is 368 g/mol. The molecule has 0 aromatic carbocycles. The standard InChI is InChI=1S/C9H6F12O2/c1-3-2-4(6(10,11)12,7(13,14)15)23-5(22-3,8(16,17)18)9(19,20)21/h3H,2H2,1H3. The van der Waals surface area contributed by atoms with Crippen LogP contribution in [0.4, 0.5) is 52.7 Å². The van der Waals surface area contributed by atoms with E-state index >= 15 is 0 Å². The van der Waals surface area contributed by atoms with Gasteiger partial charge in [0.2, 0.25) is 0 Å². The van der Waals surface area contributed by atoms with E-state index in [1.54, 1.807) is 0 Å². The summed E-state index contributed by atoms with van der Waals surface area (Å²) in [5.41, 5.74) is -5.69. The van der Waals surface area contributed by atoms with Gasteiger partial charge in [0, 0.05) is 6.42 Å². The molecule has 14 heteroatoms. The molecule has 0 bridgehead atoms. The van der Waals surface area contributed by atoms with Crippen LogP contribution in [0.15, 0.2) is 0 Å². The largest absolute Gasteiger partial charge is 0.453 e. The number of hydrogen-bond acceptors (Lipinski definition) is 2. The van der Waals surface area contributed by atoms with E-state index in [-0.39, 0.29) is 6.92 Å². The Morgan fingerprint density at radius 2 is 1.04 bits per heavy atom. The summed E-state index contributed by atoms with van der Waals surface area (Å²) in [7, 11) is 0. The number of hydrogen-bond donors (Lipinski definition) is 0. The SMILES string of the molecule is CC1CC(C(F)(F)F)(C(F)(F)F)OC(C(F)(F)F)(C(F)(F)F)O1. The second-order valence-corrected chi connectivity index (χ2v) is 4.67. The van der Waals surface area contributed by atoms with Crippen molar-refractivity contribution in [1.82, 2.24) is 0 Å². The molecule has 1 atom stereocenters. The monoisotopic (exact) mass is 374 g/mol. The van der Waals surface area contributed by atoms with Crippen LogP contribution in [-0.4, -0.2) is 42.2 Å². The quantitative estimate of drug-likeness (QED) is 0.582. The summed E-state index contributed by atoms with van der Waals surface area (Å²) in [6.07, 6.45) is -31.7. The molecule has 1 rings (SSSR count). The first-order valence-electron chi connectivity index (χ1n) is 5.46. The van der Waals surface area contributed by atoms with Gasteiger partial charge >= 0.3 is 30.5 Å². The van der Waals surface area contributed by atoms with Gasteiger partial charge in [0.05, 0.1) is 6.10 Å². The van der Waals surface area contributed by atoms with Crippen LogP contribution in [0.1, 0.15) is 13.3 Å². The van der Waals surface area contributed by atoms with E-state index in [0.717, 1.165) is 0 Å². The third-order valence-electron chi connectivity index (χ3n) is 2.92. The molecule has 1 saturated heterocycles. The van der Waals surface area contributed by atoms with Gasteiger partial charge in [-0.3, -0.25) is 0 Å². The van der Waals surface area contributed by atoms with E-state index in [1.807, 2.05) is 0 Å². The fourth-order valence-electron chi connectivity index (χ4n) is 1.96. The molecule has 138 valence electrons. The lowest BCUT2D eigenvalue weighted by atomic mass is 9.91. The first kappa shape index (κ1) is 20.1. The van der Waals surface area contributed by atoms with Gasteiger partial charge in [-0.25, -0.2) is 0 Å². The van der Waals surface area contributed by atoms with Crippen molar-refractivity contribution in [2.24, 2.45) is 0 Å². The van der Waals surface area contributed by atoms with Gasteiger partial charge in [0.15, 0.2) is 0 Å². The van der Waals surface area contributed by atoms with Crippen molar-refractivity contribution >= 4 is 0 Å². The van der Waals surface area contributed by atoms with Crippen LogP contribution in [0.3, 0.4) is 0 Å². The highest BCUT2D eigenvalue weighted by molar-refractivity contribution is 5.05. The summed E-state index contributed by atoms with van der Waals surface area (Å²) in [5, 5.41) is 0. The number of rotatable bonds is 0. The first-order valence-corrected chi connectivity index (χ1v) is 5.46. The molecule has 0 amide bonds. The predicted molar refractivity (Wildman–Crippen MR) is 45.9 cm³/mol. The van der Waals surface area contributed by atoms with E-state index in [4.69, 9.17) is 0 Å². The average molecular weight is 374 g/mol. The van der Waals surface area contributed by atoms with E-state index < -0.39 is 48.6 Å². The Balaban J connectivity index is 3.68. The molecule has 1 aliphatic heterocycles. The molecular formula is C9H6F12O2. The molecule has 0 spiro atoms. The lowest BCUT2D eigenvalue weighted by Gasteiger charge is -2.50. The molecule has 1 unspecified atom stereocenters. The van der Waals surface area contributed by atoms with Crippen LogP contribution >= 0.6 is 0 Å². The van der Waals surface area contributed by atoms with Crippen molar-refractivity contribution < 1.29 is 62.2 Å². The number of alkyl halides is 12. The molecule has 1 heterocycles. The molecule has 1 fully saturated rings. The van der Waals surface area contributed by atoms with E-state index in [1.165, 1.54) is 0 Å². The van der Waals surface area contributed by atoms with Crippen molar-refractivity contribution in [3.63, 3.8) is 0 Å². The lowest BCUT2D eigenvalue weighted by Crippen LogP contribution is -2.74. The zero-order valence-electron chi connectivity index (χ0n) is 10.6. The van der Waals surface area contributed by atoms with Crippen molar-refractivity contribution in [1.29, 1.82) is 0 Å². The highest BCUT2D eigenvalue weighted by atomic mass is 19.4. The Morgan fingerprint density at radius 1 is 0.696 bits per heavy atom. The first-order chi connectivity index (χ1) is 9.81. The van der Waals surface area contributed by atoms with Crippen LogP contribution in [-0.2, 0) is 9.47 Å².